The van der Waals surface area contributed by atoms with E-state index in [1.54, 1.807) is 0 Å². The average molecular weight is 156 g/mol. The first-order valence-corrected chi connectivity index (χ1v) is 3.41. The summed E-state index contributed by atoms with van der Waals surface area (Å²) in [5.41, 5.74) is -0.512. The van der Waals surface area contributed by atoms with E-state index >= 15 is 0 Å². The molecule has 0 fully saturated rings. The van der Waals surface area contributed by atoms with Crippen molar-refractivity contribution >= 4 is 11.6 Å². The van der Waals surface area contributed by atoms with E-state index < -0.39 is 5.56 Å². The molecule has 1 unspecified atom stereocenters. The number of ether oxygens (including phenoxy) is 1. The van der Waals surface area contributed by atoms with Crippen molar-refractivity contribution in [1.82, 2.24) is 0 Å². The van der Waals surface area contributed by atoms with Crippen molar-refractivity contribution in [2.45, 2.75) is 5.56 Å². The van der Waals surface area contributed by atoms with Crippen molar-refractivity contribution in [3.63, 3.8) is 0 Å². The molecule has 1 radical (unpaired) electrons. The normalized spacial score (nSPS) is 12.6. The summed E-state index contributed by atoms with van der Waals surface area (Å²) in [4.78, 5) is 0. The van der Waals surface area contributed by atoms with Gasteiger partial charge in [0.1, 0.15) is 5.75 Å². The number of halogens is 1. The third-order valence-corrected chi connectivity index (χ3v) is 1.10. The van der Waals surface area contributed by atoms with E-state index in [4.69, 9.17) is 16.3 Å². The van der Waals surface area contributed by atoms with Gasteiger partial charge in [0.05, 0.1) is 0 Å². The van der Waals surface area contributed by atoms with Gasteiger partial charge in [0.25, 0.3) is 0 Å². The highest BCUT2D eigenvalue weighted by Gasteiger charge is 1.95. The maximum absolute atomic E-state index is 5.48. The molecule has 0 spiro atoms. The Kier molecular flexibility index (Phi) is 2.57. The van der Waals surface area contributed by atoms with E-state index in [0.717, 1.165) is 5.75 Å². The molecule has 10 heavy (non-hydrogen) atoms. The molecule has 53 valence electrons. The predicted molar refractivity (Wildman–Crippen MR) is 42.1 cm³/mol. The van der Waals surface area contributed by atoms with Crippen LogP contribution in [0.15, 0.2) is 30.3 Å². The number of alkyl halides is 1. The lowest BCUT2D eigenvalue weighted by Crippen LogP contribution is -2.01. The third-order valence-electron chi connectivity index (χ3n) is 1.01. The fourth-order valence-electron chi connectivity index (χ4n) is 0.647. The Bertz CT molecular complexity index is 184. The first-order valence-electron chi connectivity index (χ1n) is 2.98. The van der Waals surface area contributed by atoms with E-state index in [-0.39, 0.29) is 0 Å². The quantitative estimate of drug-likeness (QED) is 0.597. The van der Waals surface area contributed by atoms with Gasteiger partial charge in [-0.05, 0) is 12.1 Å². The number of benzene rings is 1. The van der Waals surface area contributed by atoms with Crippen molar-refractivity contribution < 1.29 is 4.74 Å². The lowest BCUT2D eigenvalue weighted by atomic mass is 10.3. The maximum atomic E-state index is 5.48. The minimum atomic E-state index is -0.512. The van der Waals surface area contributed by atoms with E-state index in [1.807, 2.05) is 30.3 Å². The second kappa shape index (κ2) is 3.47. The molecule has 2 heteroatoms. The Morgan fingerprint density at radius 2 is 1.90 bits per heavy atom. The van der Waals surface area contributed by atoms with Crippen molar-refractivity contribution in [2.75, 3.05) is 0 Å². The van der Waals surface area contributed by atoms with Crippen molar-refractivity contribution in [2.24, 2.45) is 0 Å². The average Bonchev–Trinajstić information content (AvgIpc) is 1.88. The van der Waals surface area contributed by atoms with Gasteiger partial charge in [-0.2, -0.15) is 0 Å². The van der Waals surface area contributed by atoms with Crippen molar-refractivity contribution in [3.05, 3.63) is 37.3 Å². The molecule has 0 saturated carbocycles. The van der Waals surface area contributed by atoms with Crippen LogP contribution in [0.2, 0.25) is 0 Å². The lowest BCUT2D eigenvalue weighted by Gasteiger charge is -2.05. The van der Waals surface area contributed by atoms with Gasteiger partial charge in [-0.3, -0.25) is 0 Å². The van der Waals surface area contributed by atoms with Gasteiger partial charge >= 0.3 is 0 Å². The second-order valence-electron chi connectivity index (χ2n) is 1.84. The Morgan fingerprint density at radius 1 is 1.30 bits per heavy atom. The van der Waals surface area contributed by atoms with Crippen LogP contribution in [-0.4, -0.2) is 5.56 Å². The highest BCUT2D eigenvalue weighted by Crippen LogP contribution is 2.11. The molecule has 0 bridgehead atoms. The fraction of sp³-hybridized carbons (Fsp3) is 0.125. The van der Waals surface area contributed by atoms with Crippen LogP contribution in [0.5, 0.6) is 5.75 Å². The Balaban J connectivity index is 2.59. The molecule has 1 atom stereocenters. The highest BCUT2D eigenvalue weighted by atomic mass is 35.5. The van der Waals surface area contributed by atoms with Gasteiger partial charge in [-0.1, -0.05) is 29.8 Å². The van der Waals surface area contributed by atoms with Gasteiger partial charge in [0, 0.05) is 6.92 Å². The van der Waals surface area contributed by atoms with E-state index in [0.29, 0.717) is 0 Å². The van der Waals surface area contributed by atoms with E-state index in [2.05, 4.69) is 6.92 Å². The molecule has 0 aromatic heterocycles. The third kappa shape index (κ3) is 2.28. The van der Waals surface area contributed by atoms with Gasteiger partial charge in [-0.25, -0.2) is 0 Å². The van der Waals surface area contributed by atoms with Gasteiger partial charge < -0.3 is 4.74 Å². The number of hydrogen-bond acceptors (Lipinski definition) is 1. The first kappa shape index (κ1) is 7.42. The minimum Gasteiger partial charge on any atom is -0.475 e. The van der Waals surface area contributed by atoms with Crippen LogP contribution in [0.25, 0.3) is 0 Å². The zero-order chi connectivity index (χ0) is 7.40. The monoisotopic (exact) mass is 155 g/mol. The van der Waals surface area contributed by atoms with Gasteiger partial charge in [0.15, 0.2) is 5.56 Å². The Morgan fingerprint density at radius 3 is 2.40 bits per heavy atom. The molecule has 1 nitrogen and oxygen atoms in total. The summed E-state index contributed by atoms with van der Waals surface area (Å²) in [7, 11) is 0. The lowest BCUT2D eigenvalue weighted by molar-refractivity contribution is 0.324. The summed E-state index contributed by atoms with van der Waals surface area (Å²) >= 11 is 5.48. The molecule has 0 N–H and O–H groups in total. The summed E-state index contributed by atoms with van der Waals surface area (Å²) in [6, 6.07) is 9.35. The van der Waals surface area contributed by atoms with E-state index in [9.17, 15) is 0 Å². The summed E-state index contributed by atoms with van der Waals surface area (Å²) < 4.78 is 5.07. The smallest absolute Gasteiger partial charge is 0.172 e. The molecule has 0 aliphatic carbocycles. The second-order valence-corrected chi connectivity index (χ2v) is 2.33. The molecule has 0 aliphatic rings. The molecule has 0 amide bonds. The van der Waals surface area contributed by atoms with Crippen LogP contribution in [-0.2, 0) is 0 Å². The van der Waals surface area contributed by atoms with Crippen molar-refractivity contribution in [1.29, 1.82) is 0 Å². The topological polar surface area (TPSA) is 9.23 Å². The summed E-state index contributed by atoms with van der Waals surface area (Å²) in [5, 5.41) is 0. The molecule has 1 aromatic rings. The Hall–Kier alpha value is -0.690. The van der Waals surface area contributed by atoms with Crippen LogP contribution in [0.4, 0.5) is 0 Å². The summed E-state index contributed by atoms with van der Waals surface area (Å²) in [5.74, 6) is 0.748. The van der Waals surface area contributed by atoms with Crippen LogP contribution in [0, 0.1) is 6.92 Å². The zero-order valence-electron chi connectivity index (χ0n) is 5.46. The largest absolute Gasteiger partial charge is 0.475 e. The van der Waals surface area contributed by atoms with Gasteiger partial charge in [-0.15, -0.1) is 0 Å². The van der Waals surface area contributed by atoms with Gasteiger partial charge in [0.2, 0.25) is 0 Å². The zero-order valence-corrected chi connectivity index (χ0v) is 6.21. The molecule has 1 rings (SSSR count). The molecule has 0 heterocycles. The Labute approximate surface area is 65.6 Å². The fourth-order valence-corrected chi connectivity index (χ4v) is 0.750. The minimum absolute atomic E-state index is 0.512. The highest BCUT2D eigenvalue weighted by molar-refractivity contribution is 6.20. The maximum Gasteiger partial charge on any atom is 0.172 e. The summed E-state index contributed by atoms with van der Waals surface area (Å²) in [6.07, 6.45) is 0. The van der Waals surface area contributed by atoms with Crippen LogP contribution < -0.4 is 4.74 Å². The SMILES string of the molecule is [CH2]C(Cl)Oc1ccccc1. The van der Waals surface area contributed by atoms with Crippen LogP contribution >= 0.6 is 11.6 Å². The van der Waals surface area contributed by atoms with Crippen LogP contribution in [0.1, 0.15) is 0 Å². The molecular formula is C8H8ClO. The number of hydrogen-bond donors (Lipinski definition) is 0. The van der Waals surface area contributed by atoms with Crippen LogP contribution in [0.3, 0.4) is 0 Å². The molecule has 1 aromatic carbocycles. The molecule has 0 saturated heterocycles. The predicted octanol–water partition coefficient (Wildman–Crippen LogP) is 2.46. The number of rotatable bonds is 2. The number of para-hydroxylation sites is 1. The molecule has 0 aliphatic heterocycles. The molecular weight excluding hydrogens is 148 g/mol. The standard InChI is InChI=1S/C8H8ClO/c1-7(9)10-8-5-3-2-4-6-8/h2-7H,1H2. The van der Waals surface area contributed by atoms with Crippen molar-refractivity contribution in [3.8, 4) is 5.75 Å². The first-order chi connectivity index (χ1) is 4.79. The van der Waals surface area contributed by atoms with E-state index in [1.165, 1.54) is 0 Å². The summed E-state index contributed by atoms with van der Waals surface area (Å²) in [6.45, 7) is 3.48.